The van der Waals surface area contributed by atoms with Crippen LogP contribution in [0.2, 0.25) is 0 Å². The van der Waals surface area contributed by atoms with E-state index in [-0.39, 0.29) is 36.9 Å². The molecule has 16 nitrogen and oxygen atoms in total. The Kier molecular flexibility index (Phi) is 10.5. The molecule has 0 radical (unpaired) electrons. The van der Waals surface area contributed by atoms with Crippen molar-refractivity contribution in [3.63, 3.8) is 0 Å². The van der Waals surface area contributed by atoms with Gasteiger partial charge in [-0.15, -0.1) is 10.2 Å². The number of nitrogens with one attached hydrogen (secondary N) is 4. The van der Waals surface area contributed by atoms with E-state index in [4.69, 9.17) is 4.74 Å². The minimum absolute atomic E-state index is 0.0518. The number of carbonyl (C=O) groups is 5. The summed E-state index contributed by atoms with van der Waals surface area (Å²) in [6, 6.07) is -0.0686. The second kappa shape index (κ2) is 13.8. The van der Waals surface area contributed by atoms with Gasteiger partial charge in [0.15, 0.2) is 5.82 Å². The lowest BCUT2D eigenvalue weighted by molar-refractivity contribution is -0.138. The molecule has 0 fully saturated rings. The minimum Gasteiger partial charge on any atom is -0.481 e. The van der Waals surface area contributed by atoms with Crippen molar-refractivity contribution < 1.29 is 33.8 Å². The van der Waals surface area contributed by atoms with E-state index in [1.54, 1.807) is 39.8 Å². The van der Waals surface area contributed by atoms with Crippen LogP contribution in [0.3, 0.4) is 0 Å². The molecule has 0 aromatic carbocycles. The normalized spacial score (nSPS) is 16.5. The zero-order chi connectivity index (χ0) is 31.0. The number of carboxylic acid groups (broad SMARTS) is 1. The molecule has 5 N–H and O–H groups in total. The Labute approximate surface area is 242 Å². The maximum absolute atomic E-state index is 14.0. The predicted octanol–water partition coefficient (Wildman–Crippen LogP) is 0.458. The molecule has 0 bridgehead atoms. The Morgan fingerprint density at radius 1 is 1.21 bits per heavy atom. The lowest BCUT2D eigenvalue weighted by Gasteiger charge is -2.31. The van der Waals surface area contributed by atoms with Crippen molar-refractivity contribution in [3.05, 3.63) is 29.7 Å². The van der Waals surface area contributed by atoms with Gasteiger partial charge < -0.3 is 25.8 Å². The summed E-state index contributed by atoms with van der Waals surface area (Å²) in [6.07, 6.45) is 0.591. The van der Waals surface area contributed by atoms with Gasteiger partial charge in [0.1, 0.15) is 29.5 Å². The number of aromatic nitrogens is 5. The van der Waals surface area contributed by atoms with Crippen LogP contribution in [-0.4, -0.2) is 84.2 Å². The number of anilines is 1. The van der Waals surface area contributed by atoms with Gasteiger partial charge in [-0.3, -0.25) is 24.1 Å². The van der Waals surface area contributed by atoms with Gasteiger partial charge >= 0.3 is 12.1 Å². The summed E-state index contributed by atoms with van der Waals surface area (Å²) < 4.78 is 5.30. The van der Waals surface area contributed by atoms with Crippen LogP contribution < -0.4 is 20.9 Å². The molecule has 1 aliphatic rings. The van der Waals surface area contributed by atoms with Gasteiger partial charge in [0, 0.05) is 19.0 Å². The Bertz CT molecular complexity index is 1280. The molecule has 0 aliphatic carbocycles. The molecule has 42 heavy (non-hydrogen) atoms. The molecule has 2 aromatic heterocycles. The average Bonchev–Trinajstić information content (AvgIpc) is 3.58. The van der Waals surface area contributed by atoms with Crippen LogP contribution in [0, 0.1) is 5.92 Å². The highest BCUT2D eigenvalue weighted by Gasteiger charge is 2.43. The van der Waals surface area contributed by atoms with E-state index in [2.05, 4.69) is 41.6 Å². The summed E-state index contributed by atoms with van der Waals surface area (Å²) >= 11 is 0. The Balaban J connectivity index is 1.87. The summed E-state index contributed by atoms with van der Waals surface area (Å²) in [5, 5.41) is 30.5. The zero-order valence-electron chi connectivity index (χ0n) is 24.2. The van der Waals surface area contributed by atoms with E-state index >= 15 is 0 Å². The third kappa shape index (κ3) is 8.44. The van der Waals surface area contributed by atoms with Crippen LogP contribution in [0.25, 0.3) is 0 Å². The highest BCUT2D eigenvalue weighted by molar-refractivity contribution is 6.06. The number of carboxylic acids is 1. The first-order chi connectivity index (χ1) is 19.8. The molecule has 3 rings (SSSR count). The molecular formula is C26H37N9O7. The highest BCUT2D eigenvalue weighted by Crippen LogP contribution is 2.31. The van der Waals surface area contributed by atoms with Crippen molar-refractivity contribution in [3.8, 4) is 0 Å². The largest absolute Gasteiger partial charge is 0.481 e. The third-order valence-electron chi connectivity index (χ3n) is 6.60. The van der Waals surface area contributed by atoms with Crippen LogP contribution in [0.15, 0.2) is 18.3 Å². The second-order valence-electron chi connectivity index (χ2n) is 11.0. The first-order valence-electron chi connectivity index (χ1n) is 13.6. The van der Waals surface area contributed by atoms with E-state index < -0.39 is 59.9 Å². The van der Waals surface area contributed by atoms with Crippen LogP contribution in [0.5, 0.6) is 0 Å². The number of H-pyrrole nitrogens is 1. The van der Waals surface area contributed by atoms with Crippen LogP contribution in [0.1, 0.15) is 65.3 Å². The number of rotatable bonds is 12. The molecule has 2 aromatic rings. The number of tetrazole rings is 1. The number of ether oxygens (including phenoxy) is 1. The van der Waals surface area contributed by atoms with E-state index in [9.17, 15) is 29.1 Å². The fraction of sp³-hybridized carbons (Fsp3) is 0.577. The number of amides is 4. The number of hydrogen-bond acceptors (Lipinski definition) is 10. The molecule has 0 saturated heterocycles. The smallest absolute Gasteiger partial charge is 0.408 e. The van der Waals surface area contributed by atoms with Gasteiger partial charge in [-0.05, 0) is 44.7 Å². The fourth-order valence-electron chi connectivity index (χ4n) is 4.35. The van der Waals surface area contributed by atoms with Gasteiger partial charge in [-0.1, -0.05) is 31.5 Å². The van der Waals surface area contributed by atoms with E-state index in [1.165, 1.54) is 11.1 Å². The average molecular weight is 588 g/mol. The van der Waals surface area contributed by atoms with Crippen molar-refractivity contribution in [2.24, 2.45) is 5.92 Å². The predicted molar refractivity (Wildman–Crippen MR) is 147 cm³/mol. The molecule has 0 saturated carbocycles. The van der Waals surface area contributed by atoms with Gasteiger partial charge in [0.2, 0.25) is 11.8 Å². The molecular weight excluding hydrogens is 550 g/mol. The number of fused-ring (bicyclic) bond motifs is 1. The number of alkyl carbamates (subject to hydrolysis) is 1. The summed E-state index contributed by atoms with van der Waals surface area (Å²) in [6.45, 7) is 8.58. The van der Waals surface area contributed by atoms with Gasteiger partial charge in [0.05, 0.1) is 6.54 Å². The zero-order valence-corrected chi connectivity index (χ0v) is 24.2. The summed E-state index contributed by atoms with van der Waals surface area (Å²) in [4.78, 5) is 70.2. The van der Waals surface area contributed by atoms with Crippen molar-refractivity contribution >= 4 is 35.6 Å². The van der Waals surface area contributed by atoms with Crippen molar-refractivity contribution in [2.45, 2.75) is 90.6 Å². The Morgan fingerprint density at radius 2 is 1.95 bits per heavy atom. The minimum atomic E-state index is -1.35. The third-order valence-corrected chi connectivity index (χ3v) is 6.60. The van der Waals surface area contributed by atoms with Gasteiger partial charge in [-0.25, -0.2) is 9.78 Å². The molecule has 0 spiro atoms. The maximum atomic E-state index is 14.0. The Hall–Kier alpha value is -4.63. The number of pyridine rings is 1. The lowest BCUT2D eigenvalue weighted by atomic mass is 9.97. The first kappa shape index (κ1) is 31.9. The van der Waals surface area contributed by atoms with E-state index in [0.717, 1.165) is 0 Å². The summed E-state index contributed by atoms with van der Waals surface area (Å²) in [5.41, 5.74) is -0.186. The standard InChI is InChI=1S/C26H37N9O7/c1-6-14(2)20(30-25(41)42-26(3,4)5)23(39)29-16(9-10-19(36)37)24(40)35-17(12-15-8-7-11-27-21(15)35)22(38)28-13-18-31-33-34-32-18/h7-8,11,14,16-17,20H,6,9-10,12-13H2,1-5H3,(H,28,38)(H,29,39)(H,30,41)(H,36,37)(H,31,32,33,34)/t14-,16?,17-,20-/m0/s1. The molecule has 3 heterocycles. The molecule has 16 heteroatoms. The summed E-state index contributed by atoms with van der Waals surface area (Å²) in [7, 11) is 0. The quantitative estimate of drug-likeness (QED) is 0.229. The molecule has 1 unspecified atom stereocenters. The molecule has 4 atom stereocenters. The Morgan fingerprint density at radius 3 is 2.57 bits per heavy atom. The molecule has 4 amide bonds. The van der Waals surface area contributed by atoms with Crippen molar-refractivity contribution in [1.29, 1.82) is 0 Å². The number of carbonyl (C=O) groups excluding carboxylic acids is 4. The van der Waals surface area contributed by atoms with Crippen LogP contribution in [-0.2, 0) is 36.9 Å². The highest BCUT2D eigenvalue weighted by atomic mass is 16.6. The molecule has 228 valence electrons. The number of hydrogen-bond donors (Lipinski definition) is 5. The first-order valence-corrected chi connectivity index (χ1v) is 13.6. The SMILES string of the molecule is CC[C@H](C)[C@H](NC(=O)OC(C)(C)C)C(=O)NC(CCC(=O)O)C(=O)N1c2ncccc2C[C@H]1C(=O)NCc1nn[nH]n1. The maximum Gasteiger partial charge on any atom is 0.408 e. The fourth-order valence-corrected chi connectivity index (χ4v) is 4.35. The van der Waals surface area contributed by atoms with Crippen LogP contribution in [0.4, 0.5) is 10.6 Å². The monoisotopic (exact) mass is 587 g/mol. The number of aliphatic carboxylic acids is 1. The van der Waals surface area contributed by atoms with Gasteiger partial charge in [-0.2, -0.15) is 5.21 Å². The topological polar surface area (TPSA) is 221 Å². The number of nitrogens with zero attached hydrogens (tertiary/aromatic N) is 5. The number of aromatic amines is 1. The van der Waals surface area contributed by atoms with Crippen molar-refractivity contribution in [2.75, 3.05) is 4.90 Å². The van der Waals surface area contributed by atoms with Crippen LogP contribution >= 0.6 is 0 Å². The van der Waals surface area contributed by atoms with E-state index in [0.29, 0.717) is 12.0 Å². The summed E-state index contributed by atoms with van der Waals surface area (Å²) in [5.74, 6) is -3.03. The van der Waals surface area contributed by atoms with E-state index in [1.807, 2.05) is 6.92 Å². The van der Waals surface area contributed by atoms with Crippen molar-refractivity contribution in [1.82, 2.24) is 41.6 Å². The second-order valence-corrected chi connectivity index (χ2v) is 11.0. The van der Waals surface area contributed by atoms with Gasteiger partial charge in [0.25, 0.3) is 5.91 Å². The lowest BCUT2D eigenvalue weighted by Crippen LogP contribution is -2.59. The molecule has 1 aliphatic heterocycles.